The molecule has 0 aliphatic heterocycles. The number of amides is 1. The van der Waals surface area contributed by atoms with Crippen molar-refractivity contribution in [2.45, 2.75) is 13.5 Å². The molecular formula is C14H14BrClN2OS. The average molecular weight is 374 g/mol. The minimum Gasteiger partial charge on any atom is -0.397 e. The Bertz CT molecular complexity index is 629. The minimum absolute atomic E-state index is 0.1000. The van der Waals surface area contributed by atoms with Crippen LogP contribution < -0.4 is 5.73 Å². The van der Waals surface area contributed by atoms with E-state index >= 15 is 0 Å². The van der Waals surface area contributed by atoms with Crippen LogP contribution in [-0.2, 0) is 6.54 Å². The number of thiophene rings is 1. The first-order chi connectivity index (χ1) is 9.52. The van der Waals surface area contributed by atoms with Crippen molar-refractivity contribution in [1.29, 1.82) is 0 Å². The van der Waals surface area contributed by atoms with Gasteiger partial charge >= 0.3 is 0 Å². The minimum atomic E-state index is -0.1000. The van der Waals surface area contributed by atoms with Crippen molar-refractivity contribution < 1.29 is 4.79 Å². The van der Waals surface area contributed by atoms with E-state index in [0.717, 1.165) is 8.66 Å². The fourth-order valence-electron chi connectivity index (χ4n) is 1.85. The molecule has 0 saturated carbocycles. The molecule has 6 heteroatoms. The standard InChI is InChI=1S/C14H14BrClN2OS/c1-2-18(8-9-6-7-12(15)20-9)14(19)10-4-3-5-11(16)13(10)17/h3-7H,2,8,17H2,1H3. The maximum Gasteiger partial charge on any atom is 0.256 e. The smallest absolute Gasteiger partial charge is 0.256 e. The van der Waals surface area contributed by atoms with Gasteiger partial charge in [-0.15, -0.1) is 11.3 Å². The van der Waals surface area contributed by atoms with Crippen molar-refractivity contribution in [2.75, 3.05) is 12.3 Å². The zero-order valence-corrected chi connectivity index (χ0v) is 14.1. The Kier molecular flexibility index (Phi) is 5.07. The van der Waals surface area contributed by atoms with Crippen molar-refractivity contribution in [2.24, 2.45) is 0 Å². The quantitative estimate of drug-likeness (QED) is 0.807. The molecule has 2 rings (SSSR count). The molecule has 2 aromatic rings. The number of carbonyl (C=O) groups is 1. The van der Waals surface area contributed by atoms with Crippen LogP contribution in [0.5, 0.6) is 0 Å². The van der Waals surface area contributed by atoms with Crippen molar-refractivity contribution in [1.82, 2.24) is 4.90 Å². The number of benzene rings is 1. The highest BCUT2D eigenvalue weighted by molar-refractivity contribution is 9.11. The molecule has 106 valence electrons. The zero-order chi connectivity index (χ0) is 14.7. The first-order valence-electron chi connectivity index (χ1n) is 6.10. The van der Waals surface area contributed by atoms with Gasteiger partial charge in [-0.05, 0) is 47.1 Å². The molecule has 0 aliphatic rings. The SMILES string of the molecule is CCN(Cc1ccc(Br)s1)C(=O)c1cccc(Cl)c1N. The van der Waals surface area contributed by atoms with E-state index in [2.05, 4.69) is 15.9 Å². The second kappa shape index (κ2) is 6.61. The number of nitrogens with zero attached hydrogens (tertiary/aromatic N) is 1. The van der Waals surface area contributed by atoms with Crippen LogP contribution in [0.2, 0.25) is 5.02 Å². The van der Waals surface area contributed by atoms with Gasteiger partial charge in [-0.3, -0.25) is 4.79 Å². The number of hydrogen-bond acceptors (Lipinski definition) is 3. The fraction of sp³-hybridized carbons (Fsp3) is 0.214. The second-order valence-corrected chi connectivity index (χ2v) is 7.18. The third kappa shape index (κ3) is 3.34. The number of carbonyl (C=O) groups excluding carboxylic acids is 1. The van der Waals surface area contributed by atoms with Gasteiger partial charge in [-0.1, -0.05) is 17.7 Å². The summed E-state index contributed by atoms with van der Waals surface area (Å²) in [6.07, 6.45) is 0. The monoisotopic (exact) mass is 372 g/mol. The van der Waals surface area contributed by atoms with Gasteiger partial charge in [0.15, 0.2) is 0 Å². The van der Waals surface area contributed by atoms with Crippen LogP contribution in [0.4, 0.5) is 5.69 Å². The van der Waals surface area contributed by atoms with Gasteiger partial charge in [0.25, 0.3) is 5.91 Å². The van der Waals surface area contributed by atoms with Crippen molar-refractivity contribution >= 4 is 50.5 Å². The van der Waals surface area contributed by atoms with Crippen LogP contribution in [0.15, 0.2) is 34.1 Å². The molecule has 20 heavy (non-hydrogen) atoms. The lowest BCUT2D eigenvalue weighted by atomic mass is 10.1. The van der Waals surface area contributed by atoms with Crippen molar-refractivity contribution in [3.63, 3.8) is 0 Å². The highest BCUT2D eigenvalue weighted by atomic mass is 79.9. The summed E-state index contributed by atoms with van der Waals surface area (Å²) in [6.45, 7) is 3.12. The number of para-hydroxylation sites is 1. The Hall–Kier alpha value is -1.04. The number of rotatable bonds is 4. The Balaban J connectivity index is 2.23. The lowest BCUT2D eigenvalue weighted by Crippen LogP contribution is -2.30. The van der Waals surface area contributed by atoms with Crippen LogP contribution in [0.3, 0.4) is 0 Å². The van der Waals surface area contributed by atoms with Gasteiger partial charge in [0.05, 0.1) is 26.6 Å². The molecule has 1 aromatic carbocycles. The summed E-state index contributed by atoms with van der Waals surface area (Å²) in [7, 11) is 0. The molecule has 0 aliphatic carbocycles. The van der Waals surface area contributed by atoms with Gasteiger partial charge in [0.1, 0.15) is 0 Å². The van der Waals surface area contributed by atoms with E-state index in [9.17, 15) is 4.79 Å². The summed E-state index contributed by atoms with van der Waals surface area (Å²) in [6, 6.07) is 9.11. The predicted molar refractivity (Wildman–Crippen MR) is 88.3 cm³/mol. The van der Waals surface area contributed by atoms with Crippen LogP contribution >= 0.6 is 38.9 Å². The normalized spacial score (nSPS) is 10.6. The Morgan fingerprint density at radius 1 is 1.40 bits per heavy atom. The molecule has 0 saturated heterocycles. The predicted octanol–water partition coefficient (Wildman–Crippen LogP) is 4.41. The van der Waals surface area contributed by atoms with Crippen LogP contribution in [0, 0.1) is 0 Å². The molecule has 0 spiro atoms. The van der Waals surface area contributed by atoms with Gasteiger partial charge < -0.3 is 10.6 Å². The molecule has 0 bridgehead atoms. The first-order valence-corrected chi connectivity index (χ1v) is 8.09. The molecule has 1 heterocycles. The Morgan fingerprint density at radius 3 is 2.75 bits per heavy atom. The first kappa shape index (κ1) is 15.4. The topological polar surface area (TPSA) is 46.3 Å². The summed E-state index contributed by atoms with van der Waals surface area (Å²) in [5.41, 5.74) is 6.68. The summed E-state index contributed by atoms with van der Waals surface area (Å²) < 4.78 is 1.05. The van der Waals surface area contributed by atoms with E-state index < -0.39 is 0 Å². The lowest BCUT2D eigenvalue weighted by molar-refractivity contribution is 0.0755. The maximum absolute atomic E-state index is 12.5. The lowest BCUT2D eigenvalue weighted by Gasteiger charge is -2.21. The largest absolute Gasteiger partial charge is 0.397 e. The van der Waals surface area contributed by atoms with Gasteiger partial charge in [0.2, 0.25) is 0 Å². The highest BCUT2D eigenvalue weighted by Gasteiger charge is 2.18. The van der Waals surface area contributed by atoms with Gasteiger partial charge in [0, 0.05) is 11.4 Å². The van der Waals surface area contributed by atoms with Crippen LogP contribution in [0.25, 0.3) is 0 Å². The van der Waals surface area contributed by atoms with Crippen LogP contribution in [-0.4, -0.2) is 17.4 Å². The number of nitrogens with two attached hydrogens (primary N) is 1. The molecule has 0 fully saturated rings. The highest BCUT2D eigenvalue weighted by Crippen LogP contribution is 2.26. The van der Waals surface area contributed by atoms with E-state index in [4.69, 9.17) is 17.3 Å². The number of hydrogen-bond donors (Lipinski definition) is 1. The summed E-state index contributed by atoms with van der Waals surface area (Å²) in [5, 5.41) is 0.408. The molecular weight excluding hydrogens is 360 g/mol. The molecule has 0 radical (unpaired) electrons. The third-order valence-electron chi connectivity index (χ3n) is 2.93. The average Bonchev–Trinajstić information content (AvgIpc) is 2.84. The Labute approximate surface area is 135 Å². The Morgan fingerprint density at radius 2 is 2.15 bits per heavy atom. The van der Waals surface area contributed by atoms with Crippen molar-refractivity contribution in [3.05, 3.63) is 49.6 Å². The molecule has 0 unspecified atom stereocenters. The zero-order valence-electron chi connectivity index (χ0n) is 10.9. The van der Waals surface area contributed by atoms with Gasteiger partial charge in [-0.2, -0.15) is 0 Å². The number of anilines is 1. The van der Waals surface area contributed by atoms with E-state index in [-0.39, 0.29) is 5.91 Å². The molecule has 0 atom stereocenters. The van der Waals surface area contributed by atoms with Crippen molar-refractivity contribution in [3.8, 4) is 0 Å². The second-order valence-electron chi connectivity index (χ2n) is 4.23. The van der Waals surface area contributed by atoms with E-state index in [1.165, 1.54) is 0 Å². The molecule has 3 nitrogen and oxygen atoms in total. The number of nitrogen functional groups attached to an aromatic ring is 1. The molecule has 1 aromatic heterocycles. The summed E-state index contributed by atoms with van der Waals surface area (Å²) >= 11 is 11.0. The van der Waals surface area contributed by atoms with Gasteiger partial charge in [-0.25, -0.2) is 0 Å². The molecule has 2 N–H and O–H groups in total. The number of halogens is 2. The summed E-state index contributed by atoms with van der Waals surface area (Å²) in [5.74, 6) is -0.1000. The maximum atomic E-state index is 12.5. The van der Waals surface area contributed by atoms with Crippen LogP contribution in [0.1, 0.15) is 22.2 Å². The third-order valence-corrected chi connectivity index (χ3v) is 4.87. The summed E-state index contributed by atoms with van der Waals surface area (Å²) in [4.78, 5) is 15.4. The van der Waals surface area contributed by atoms with E-state index in [1.54, 1.807) is 34.4 Å². The fourth-order valence-corrected chi connectivity index (χ4v) is 3.52. The molecule has 1 amide bonds. The van der Waals surface area contributed by atoms with E-state index in [0.29, 0.717) is 29.4 Å². The van der Waals surface area contributed by atoms with E-state index in [1.807, 2.05) is 19.1 Å².